The molecule has 0 radical (unpaired) electrons. The number of nitrogens with one attached hydrogen (secondary N) is 2. The number of hydrogen-bond acceptors (Lipinski definition) is 0. The van der Waals surface area contributed by atoms with Crippen molar-refractivity contribution >= 4 is 0 Å². The van der Waals surface area contributed by atoms with Gasteiger partial charge in [-0.05, 0) is 13.3 Å². The number of piperidine rings is 2. The Hall–Kier alpha value is -0.860. The Morgan fingerprint density at radius 3 is 2.36 bits per heavy atom. The van der Waals surface area contributed by atoms with Crippen molar-refractivity contribution < 1.29 is 9.80 Å². The second kappa shape index (κ2) is 7.14. The number of likely N-dealkylation sites (tertiary alicyclic amines) is 2. The average Bonchev–Trinajstić information content (AvgIpc) is 2.47. The molecule has 1 aromatic carbocycles. The van der Waals surface area contributed by atoms with E-state index in [4.69, 9.17) is 0 Å². The molecule has 0 spiro atoms. The minimum absolute atomic E-state index is 0.927. The molecule has 2 heterocycles. The van der Waals surface area contributed by atoms with E-state index < -0.39 is 0 Å². The molecule has 2 fully saturated rings. The smallest absolute Gasteiger partial charge is 0.103 e. The highest BCUT2D eigenvalue weighted by Gasteiger charge is 2.34. The van der Waals surface area contributed by atoms with Gasteiger partial charge >= 0.3 is 0 Å². The fraction of sp³-hybridized carbons (Fsp3) is 0.700. The third kappa shape index (κ3) is 4.11. The van der Waals surface area contributed by atoms with Gasteiger partial charge in [-0.3, -0.25) is 0 Å². The van der Waals surface area contributed by atoms with Gasteiger partial charge in [0.05, 0.1) is 32.2 Å². The van der Waals surface area contributed by atoms with Crippen LogP contribution < -0.4 is 9.80 Å². The second-order valence-electron chi connectivity index (χ2n) is 8.20. The molecule has 1 aromatic rings. The van der Waals surface area contributed by atoms with E-state index in [9.17, 15) is 0 Å². The van der Waals surface area contributed by atoms with Crippen LogP contribution >= 0.6 is 0 Å². The van der Waals surface area contributed by atoms with E-state index in [1.807, 2.05) is 4.90 Å². The van der Waals surface area contributed by atoms with Gasteiger partial charge in [-0.1, -0.05) is 43.7 Å². The van der Waals surface area contributed by atoms with Gasteiger partial charge in [-0.25, -0.2) is 0 Å². The van der Waals surface area contributed by atoms with Crippen LogP contribution in [0.25, 0.3) is 0 Å². The lowest BCUT2D eigenvalue weighted by Gasteiger charge is -2.39. The fourth-order valence-corrected chi connectivity index (χ4v) is 4.89. The third-order valence-corrected chi connectivity index (χ3v) is 5.83. The Balaban J connectivity index is 1.50. The first kappa shape index (κ1) is 16.0. The largest absolute Gasteiger partial charge is 0.332 e. The Morgan fingerprint density at radius 1 is 1.05 bits per heavy atom. The summed E-state index contributed by atoms with van der Waals surface area (Å²) in [4.78, 5) is 3.71. The molecule has 22 heavy (non-hydrogen) atoms. The highest BCUT2D eigenvalue weighted by molar-refractivity contribution is 5.21. The summed E-state index contributed by atoms with van der Waals surface area (Å²) in [5.41, 5.74) is 2.91. The van der Waals surface area contributed by atoms with E-state index in [-0.39, 0.29) is 0 Å². The molecule has 2 atom stereocenters. The van der Waals surface area contributed by atoms with Crippen LogP contribution in [0.4, 0.5) is 0 Å². The van der Waals surface area contributed by atoms with Gasteiger partial charge in [0.1, 0.15) is 6.54 Å². The highest BCUT2D eigenvalue weighted by atomic mass is 15.2. The predicted octanol–water partition coefficient (Wildman–Crippen LogP) is 1.10. The highest BCUT2D eigenvalue weighted by Crippen LogP contribution is 2.13. The van der Waals surface area contributed by atoms with Crippen LogP contribution in [-0.4, -0.2) is 32.2 Å². The molecule has 2 N–H and O–H groups in total. The van der Waals surface area contributed by atoms with Gasteiger partial charge in [0.15, 0.2) is 0 Å². The van der Waals surface area contributed by atoms with Crippen LogP contribution in [0.2, 0.25) is 0 Å². The van der Waals surface area contributed by atoms with E-state index in [1.165, 1.54) is 63.1 Å². The van der Waals surface area contributed by atoms with Crippen LogP contribution in [0.1, 0.15) is 44.2 Å². The molecule has 0 aliphatic carbocycles. The molecule has 2 nitrogen and oxygen atoms in total. The van der Waals surface area contributed by atoms with Crippen LogP contribution in [0.15, 0.2) is 24.3 Å². The van der Waals surface area contributed by atoms with E-state index in [1.54, 1.807) is 4.90 Å². The van der Waals surface area contributed by atoms with Gasteiger partial charge in [-0.15, -0.1) is 0 Å². The number of aryl methyl sites for hydroxylation is 1. The van der Waals surface area contributed by atoms with Crippen molar-refractivity contribution in [3.8, 4) is 0 Å². The lowest BCUT2D eigenvalue weighted by atomic mass is 9.89. The first-order valence-corrected chi connectivity index (χ1v) is 9.34. The summed E-state index contributed by atoms with van der Waals surface area (Å²) >= 11 is 0. The summed E-state index contributed by atoms with van der Waals surface area (Å²) in [6.07, 6.45) is 4.30. The minimum Gasteiger partial charge on any atom is -0.332 e. The number of quaternary nitrogens is 2. The maximum Gasteiger partial charge on any atom is 0.103 e. The number of hydrogen-bond donors (Lipinski definition) is 2. The quantitative estimate of drug-likeness (QED) is 0.827. The fourth-order valence-electron chi connectivity index (χ4n) is 4.89. The van der Waals surface area contributed by atoms with Crippen LogP contribution in [0.5, 0.6) is 0 Å². The van der Waals surface area contributed by atoms with E-state index >= 15 is 0 Å². The van der Waals surface area contributed by atoms with Crippen molar-refractivity contribution in [3.05, 3.63) is 35.4 Å². The van der Waals surface area contributed by atoms with Crippen molar-refractivity contribution in [2.24, 2.45) is 11.8 Å². The first-order chi connectivity index (χ1) is 10.6. The first-order valence-electron chi connectivity index (χ1n) is 9.34. The molecule has 3 rings (SSSR count). The molecule has 2 aliphatic heterocycles. The topological polar surface area (TPSA) is 8.88 Å². The summed E-state index contributed by atoms with van der Waals surface area (Å²) in [5.74, 6) is 1.85. The van der Waals surface area contributed by atoms with Crippen molar-refractivity contribution in [2.45, 2.75) is 52.6 Å². The Bertz CT molecular complexity index is 466. The van der Waals surface area contributed by atoms with Crippen molar-refractivity contribution in [3.63, 3.8) is 0 Å². The minimum atomic E-state index is 0.927. The Morgan fingerprint density at radius 2 is 1.73 bits per heavy atom. The lowest BCUT2D eigenvalue weighted by Crippen LogP contribution is -3.21. The summed E-state index contributed by atoms with van der Waals surface area (Å²) in [6, 6.07) is 10.0. The van der Waals surface area contributed by atoms with Gasteiger partial charge < -0.3 is 9.80 Å². The number of rotatable bonds is 3. The summed E-state index contributed by atoms with van der Waals surface area (Å²) in [7, 11) is 0. The average molecular weight is 303 g/mol. The maximum absolute atomic E-state index is 2.45. The zero-order valence-corrected chi connectivity index (χ0v) is 14.7. The number of benzene rings is 1. The SMILES string of the molecule is Cc1cccc(C[NH+]2CCC([NH+]3C[C@H](C)C[C@@H](C)C3)CC2)c1. The molecule has 0 aromatic heterocycles. The van der Waals surface area contributed by atoms with E-state index in [0.29, 0.717) is 0 Å². The monoisotopic (exact) mass is 302 g/mol. The van der Waals surface area contributed by atoms with Crippen LogP contribution in [0, 0.1) is 18.8 Å². The molecule has 2 saturated heterocycles. The molecule has 122 valence electrons. The molecular weight excluding hydrogens is 268 g/mol. The van der Waals surface area contributed by atoms with Crippen LogP contribution in [0.3, 0.4) is 0 Å². The van der Waals surface area contributed by atoms with Gasteiger partial charge in [0, 0.05) is 30.2 Å². The van der Waals surface area contributed by atoms with Crippen molar-refractivity contribution in [2.75, 3.05) is 26.2 Å². The zero-order valence-electron chi connectivity index (χ0n) is 14.7. The van der Waals surface area contributed by atoms with Crippen LogP contribution in [-0.2, 0) is 6.54 Å². The Labute approximate surface area is 136 Å². The van der Waals surface area contributed by atoms with E-state index in [2.05, 4.69) is 45.0 Å². The van der Waals surface area contributed by atoms with Gasteiger partial charge in [0.25, 0.3) is 0 Å². The zero-order chi connectivity index (χ0) is 15.5. The molecule has 2 aliphatic rings. The second-order valence-corrected chi connectivity index (χ2v) is 8.20. The summed E-state index contributed by atoms with van der Waals surface area (Å²) < 4.78 is 0. The van der Waals surface area contributed by atoms with Crippen molar-refractivity contribution in [1.29, 1.82) is 0 Å². The molecule has 0 amide bonds. The summed E-state index contributed by atoms with van der Waals surface area (Å²) in [5, 5.41) is 0. The van der Waals surface area contributed by atoms with E-state index in [0.717, 1.165) is 17.9 Å². The molecule has 0 bridgehead atoms. The normalized spacial score (nSPS) is 36.2. The maximum atomic E-state index is 2.45. The molecular formula is C20H34N2+2. The van der Waals surface area contributed by atoms with Gasteiger partial charge in [0.2, 0.25) is 0 Å². The summed E-state index contributed by atoms with van der Waals surface area (Å²) in [6.45, 7) is 13.9. The third-order valence-electron chi connectivity index (χ3n) is 5.83. The molecule has 0 unspecified atom stereocenters. The lowest BCUT2D eigenvalue weighted by molar-refractivity contribution is -0.969. The predicted molar refractivity (Wildman–Crippen MR) is 92.2 cm³/mol. The van der Waals surface area contributed by atoms with Crippen molar-refractivity contribution in [1.82, 2.24) is 0 Å². The van der Waals surface area contributed by atoms with Gasteiger partial charge in [-0.2, -0.15) is 0 Å². The Kier molecular flexibility index (Phi) is 5.20. The standard InChI is InChI=1S/C20H32N2/c1-16-5-4-6-19(12-16)15-21-9-7-20(8-10-21)22-13-17(2)11-18(3)14-22/h4-6,12,17-18,20H,7-11,13-15H2,1-3H3/p+2/t17-,18-/m1/s1. The molecule has 0 saturated carbocycles. The molecule has 2 heteroatoms.